The predicted molar refractivity (Wildman–Crippen MR) is 106 cm³/mol. The first-order valence-electron chi connectivity index (χ1n) is 8.39. The third-order valence-corrected chi connectivity index (χ3v) is 4.85. The Hall–Kier alpha value is -1.61. The van der Waals surface area contributed by atoms with Gasteiger partial charge in [0.15, 0.2) is 0 Å². The molecule has 130 valence electrons. The fourth-order valence-corrected chi connectivity index (χ4v) is 3.40. The van der Waals surface area contributed by atoms with Gasteiger partial charge >= 0.3 is 0 Å². The molecule has 0 saturated heterocycles. The van der Waals surface area contributed by atoms with E-state index in [1.54, 1.807) is 11.8 Å². The van der Waals surface area contributed by atoms with Crippen molar-refractivity contribution in [2.45, 2.75) is 57.3 Å². The molecule has 2 N–H and O–H groups in total. The van der Waals surface area contributed by atoms with Gasteiger partial charge in [0.1, 0.15) is 5.75 Å². The van der Waals surface area contributed by atoms with Crippen LogP contribution in [0, 0.1) is 0 Å². The highest BCUT2D eigenvalue weighted by Gasteiger charge is 2.26. The van der Waals surface area contributed by atoms with Gasteiger partial charge in [-0.05, 0) is 35.1 Å². The van der Waals surface area contributed by atoms with Gasteiger partial charge in [-0.2, -0.15) is 0 Å². The third kappa shape index (κ3) is 4.70. The van der Waals surface area contributed by atoms with E-state index in [-0.39, 0.29) is 10.8 Å². The van der Waals surface area contributed by atoms with Crippen molar-refractivity contribution in [3.8, 4) is 5.75 Å². The van der Waals surface area contributed by atoms with E-state index in [4.69, 9.17) is 0 Å². The lowest BCUT2D eigenvalue weighted by molar-refractivity contribution is 0.422. The Labute approximate surface area is 150 Å². The summed E-state index contributed by atoms with van der Waals surface area (Å²) >= 11 is 1.76. The molecule has 24 heavy (non-hydrogen) atoms. The Balaban J connectivity index is 2.26. The second-order valence-corrected chi connectivity index (χ2v) is 9.25. The summed E-state index contributed by atoms with van der Waals surface area (Å²) in [4.78, 5) is 1.19. The van der Waals surface area contributed by atoms with Crippen molar-refractivity contribution >= 4 is 17.4 Å². The molecule has 0 aliphatic heterocycles. The van der Waals surface area contributed by atoms with Crippen molar-refractivity contribution in [1.29, 1.82) is 0 Å². The molecule has 0 aromatic heterocycles. The minimum atomic E-state index is -0.0898. The number of nitrogens with one attached hydrogen (secondary N) is 1. The number of aromatic hydroxyl groups is 1. The van der Waals surface area contributed by atoms with E-state index in [1.807, 2.05) is 18.2 Å². The van der Waals surface area contributed by atoms with Crippen molar-refractivity contribution in [3.05, 3.63) is 53.6 Å². The first-order valence-corrected chi connectivity index (χ1v) is 9.37. The largest absolute Gasteiger partial charge is 0.507 e. The fourth-order valence-electron chi connectivity index (χ4n) is 2.59. The highest BCUT2D eigenvalue weighted by atomic mass is 32.2. The zero-order chi connectivity index (χ0) is 18.0. The average Bonchev–Trinajstić information content (AvgIpc) is 2.47. The molecule has 0 unspecified atom stereocenters. The maximum Gasteiger partial charge on any atom is 0.123 e. The number of anilines is 1. The van der Waals surface area contributed by atoms with Gasteiger partial charge in [0.25, 0.3) is 0 Å². The number of benzene rings is 2. The predicted octanol–water partition coefficient (Wildman–Crippen LogP) is 6.15. The summed E-state index contributed by atoms with van der Waals surface area (Å²) < 4.78 is 0. The molecule has 2 rings (SSSR count). The Kier molecular flexibility index (Phi) is 5.54. The first kappa shape index (κ1) is 18.7. The molecule has 3 heteroatoms. The lowest BCUT2D eigenvalue weighted by Crippen LogP contribution is -2.17. The SMILES string of the molecule is CC(C)(C)c1cc(SCNc2ccccc2)cc(C(C)(C)C)c1O. The van der Waals surface area contributed by atoms with Crippen molar-refractivity contribution in [1.82, 2.24) is 0 Å². The number of para-hydroxylation sites is 1. The van der Waals surface area contributed by atoms with Gasteiger partial charge in [-0.1, -0.05) is 59.7 Å². The minimum absolute atomic E-state index is 0.0898. The van der Waals surface area contributed by atoms with Gasteiger partial charge in [0.05, 0.1) is 5.88 Å². The smallest absolute Gasteiger partial charge is 0.123 e. The molecular weight excluding hydrogens is 314 g/mol. The molecule has 0 atom stereocenters. The normalized spacial score (nSPS) is 12.2. The molecule has 2 nitrogen and oxygen atoms in total. The van der Waals surface area contributed by atoms with Gasteiger partial charge in [-0.15, -0.1) is 11.8 Å². The Morgan fingerprint density at radius 1 is 0.875 bits per heavy atom. The lowest BCUT2D eigenvalue weighted by atomic mass is 9.79. The van der Waals surface area contributed by atoms with Gasteiger partial charge in [-0.3, -0.25) is 0 Å². The highest BCUT2D eigenvalue weighted by molar-refractivity contribution is 7.99. The van der Waals surface area contributed by atoms with Gasteiger partial charge in [0.2, 0.25) is 0 Å². The maximum absolute atomic E-state index is 10.8. The number of hydrogen-bond acceptors (Lipinski definition) is 3. The van der Waals surface area contributed by atoms with Crippen LogP contribution in [-0.4, -0.2) is 11.0 Å². The molecule has 0 spiro atoms. The van der Waals surface area contributed by atoms with Crippen LogP contribution in [0.2, 0.25) is 0 Å². The van der Waals surface area contributed by atoms with Gasteiger partial charge in [-0.25, -0.2) is 0 Å². The number of phenols is 1. The summed E-state index contributed by atoms with van der Waals surface area (Å²) in [5, 5.41) is 14.2. The summed E-state index contributed by atoms with van der Waals surface area (Å²) in [6, 6.07) is 14.5. The summed E-state index contributed by atoms with van der Waals surface area (Å²) in [5.74, 6) is 1.23. The second-order valence-electron chi connectivity index (χ2n) is 8.20. The Morgan fingerprint density at radius 3 is 1.83 bits per heavy atom. The lowest BCUT2D eigenvalue weighted by Gasteiger charge is -2.28. The monoisotopic (exact) mass is 343 g/mol. The van der Waals surface area contributed by atoms with E-state index in [1.165, 1.54) is 4.90 Å². The van der Waals surface area contributed by atoms with E-state index < -0.39 is 0 Å². The molecule has 0 heterocycles. The van der Waals surface area contributed by atoms with Crippen molar-refractivity contribution in [3.63, 3.8) is 0 Å². The Bertz CT molecular complexity index is 646. The van der Waals surface area contributed by atoms with Crippen LogP contribution in [0.3, 0.4) is 0 Å². The molecular formula is C21H29NOS. The Morgan fingerprint density at radius 2 is 1.38 bits per heavy atom. The van der Waals surface area contributed by atoms with Crippen molar-refractivity contribution in [2.75, 3.05) is 11.2 Å². The van der Waals surface area contributed by atoms with Crippen LogP contribution in [0.15, 0.2) is 47.4 Å². The molecule has 0 bridgehead atoms. The van der Waals surface area contributed by atoms with Crippen LogP contribution in [-0.2, 0) is 10.8 Å². The average molecular weight is 344 g/mol. The molecule has 0 amide bonds. The number of rotatable bonds is 4. The van der Waals surface area contributed by atoms with Crippen LogP contribution in [0.4, 0.5) is 5.69 Å². The molecule has 0 radical (unpaired) electrons. The molecule has 0 fully saturated rings. The van der Waals surface area contributed by atoms with E-state index in [9.17, 15) is 5.11 Å². The molecule has 0 aliphatic carbocycles. The summed E-state index contributed by atoms with van der Waals surface area (Å²) in [6.07, 6.45) is 0. The molecule has 2 aromatic carbocycles. The highest BCUT2D eigenvalue weighted by Crippen LogP contribution is 2.41. The molecule has 2 aromatic rings. The zero-order valence-electron chi connectivity index (χ0n) is 15.6. The quantitative estimate of drug-likeness (QED) is 0.516. The zero-order valence-corrected chi connectivity index (χ0v) is 16.4. The van der Waals surface area contributed by atoms with E-state index in [0.29, 0.717) is 5.75 Å². The number of hydrogen-bond donors (Lipinski definition) is 2. The fraction of sp³-hybridized carbons (Fsp3) is 0.429. The maximum atomic E-state index is 10.8. The van der Waals surface area contributed by atoms with E-state index in [0.717, 1.165) is 22.7 Å². The number of thioether (sulfide) groups is 1. The van der Waals surface area contributed by atoms with Gasteiger partial charge < -0.3 is 10.4 Å². The summed E-state index contributed by atoms with van der Waals surface area (Å²) in [6.45, 7) is 12.9. The minimum Gasteiger partial charge on any atom is -0.507 e. The van der Waals surface area contributed by atoms with Crippen LogP contribution >= 0.6 is 11.8 Å². The molecule has 0 aliphatic rings. The van der Waals surface area contributed by atoms with Crippen LogP contribution in [0.25, 0.3) is 0 Å². The van der Waals surface area contributed by atoms with Crippen molar-refractivity contribution < 1.29 is 5.11 Å². The molecule has 0 saturated carbocycles. The summed E-state index contributed by atoms with van der Waals surface area (Å²) in [7, 11) is 0. The standard InChI is InChI=1S/C21H29NOS/c1-20(2,3)17-12-16(13-18(19(17)23)21(4,5)6)24-14-22-15-10-8-7-9-11-15/h7-13,22-23H,14H2,1-6H3. The third-order valence-electron chi connectivity index (χ3n) is 3.99. The second kappa shape index (κ2) is 7.10. The first-order chi connectivity index (χ1) is 11.1. The van der Waals surface area contributed by atoms with E-state index >= 15 is 0 Å². The van der Waals surface area contributed by atoms with Crippen LogP contribution in [0.5, 0.6) is 5.75 Å². The van der Waals surface area contributed by atoms with E-state index in [2.05, 4.69) is 71.1 Å². The number of phenolic OH excluding ortho intramolecular Hbond substituents is 1. The summed E-state index contributed by atoms with van der Waals surface area (Å²) in [5.41, 5.74) is 2.96. The van der Waals surface area contributed by atoms with Gasteiger partial charge in [0, 0.05) is 21.7 Å². The van der Waals surface area contributed by atoms with Crippen LogP contribution < -0.4 is 5.32 Å². The van der Waals surface area contributed by atoms with Crippen molar-refractivity contribution in [2.24, 2.45) is 0 Å². The van der Waals surface area contributed by atoms with Crippen LogP contribution in [0.1, 0.15) is 52.7 Å². The topological polar surface area (TPSA) is 32.3 Å².